The van der Waals surface area contributed by atoms with Gasteiger partial charge < -0.3 is 16.2 Å². The Morgan fingerprint density at radius 2 is 1.18 bits per heavy atom. The number of aromatic nitrogens is 6. The zero-order valence-electron chi connectivity index (χ0n) is 35.0. The van der Waals surface area contributed by atoms with Crippen molar-refractivity contribution in [3.63, 3.8) is 0 Å². The van der Waals surface area contributed by atoms with Gasteiger partial charge in [-0.3, -0.25) is 18.5 Å². The first-order chi connectivity index (χ1) is 31.9. The van der Waals surface area contributed by atoms with Gasteiger partial charge in [0.1, 0.15) is 18.1 Å². The Bertz CT molecular complexity index is 3310. The van der Waals surface area contributed by atoms with Crippen LogP contribution in [0.25, 0.3) is 65.2 Å². The second kappa shape index (κ2) is 17.9. The molecule has 21 heteroatoms. The molecule has 0 radical (unpaired) electrons. The molecule has 2 unspecified atom stereocenters. The van der Waals surface area contributed by atoms with E-state index in [0.717, 1.165) is 53.2 Å². The van der Waals surface area contributed by atoms with Crippen LogP contribution in [0.15, 0.2) is 106 Å². The van der Waals surface area contributed by atoms with Gasteiger partial charge in [0.25, 0.3) is 0 Å². The molecule has 2 aromatic carbocycles. The number of sulfonamides is 1. The Hall–Kier alpha value is -6.26. The Morgan fingerprint density at radius 1 is 0.712 bits per heavy atom. The highest BCUT2D eigenvalue weighted by Gasteiger charge is 2.37. The lowest BCUT2D eigenvalue weighted by atomic mass is 9.85. The number of pyridine rings is 2. The van der Waals surface area contributed by atoms with Crippen LogP contribution < -0.4 is 21.5 Å². The van der Waals surface area contributed by atoms with Crippen molar-refractivity contribution in [2.45, 2.75) is 51.0 Å². The lowest BCUT2D eigenvalue weighted by Gasteiger charge is -2.33. The molecule has 16 nitrogen and oxygen atoms in total. The number of nitrogen functional groups attached to an aromatic ring is 2. The maximum atomic E-state index is 14.0. The quantitative estimate of drug-likeness (QED) is 0.0846. The number of nitrogens with two attached hydrogens (primary N) is 2. The molecule has 8 aromatic rings. The number of carbonyl (C=O) groups is 1. The number of nitrogens with zero attached hydrogens (tertiary/aromatic N) is 6. The van der Waals surface area contributed by atoms with Gasteiger partial charge in [-0.15, -0.1) is 22.7 Å². The van der Waals surface area contributed by atoms with Gasteiger partial charge >= 0.3 is 6.09 Å². The number of benzene rings is 2. The van der Waals surface area contributed by atoms with E-state index in [1.807, 2.05) is 72.8 Å². The normalized spacial score (nSPS) is 17.2. The standard InChI is InChI=1S/C45H40N10O6S5/c1-66(59,60)55-44-50-21-28(22-51-44)34-18-32(26-11-6-3-7-12-26)36-38(47)42(63-40(36)53-34)65(58)30-15-24(16-30)23-61-45(56)54-43-48-19-27(20-49-43)33-17-31(25-9-4-2-5-10-25)35-37(46)41(62-39(35)52-33)64(57)29-13-8-14-29/h2-7,9-12,17-22,24,29-30H,8,13-16,23,46-47H2,1H3,(H,50,51,55)(H,48,49,54,56). The van der Waals surface area contributed by atoms with Crippen LogP contribution in [0.4, 0.5) is 28.1 Å². The molecule has 0 saturated heterocycles. The highest BCUT2D eigenvalue weighted by molar-refractivity contribution is 7.92. The molecule has 336 valence electrons. The molecule has 10 rings (SSSR count). The van der Waals surface area contributed by atoms with Crippen molar-refractivity contribution in [3.8, 4) is 44.8 Å². The molecule has 2 atom stereocenters. The number of carbonyl (C=O) groups excluding carboxylic acids is 1. The van der Waals surface area contributed by atoms with E-state index in [0.29, 0.717) is 70.2 Å². The average Bonchev–Trinajstić information content (AvgIpc) is 3.80. The van der Waals surface area contributed by atoms with Crippen LogP contribution in [0.3, 0.4) is 0 Å². The third-order valence-corrected chi connectivity index (χ3v) is 18.6. The summed E-state index contributed by atoms with van der Waals surface area (Å²) >= 11 is 2.63. The highest BCUT2D eigenvalue weighted by atomic mass is 32.2. The van der Waals surface area contributed by atoms with E-state index in [2.05, 4.69) is 30.0 Å². The number of hydrogen-bond donors (Lipinski definition) is 4. The summed E-state index contributed by atoms with van der Waals surface area (Å²) in [6.45, 7) is 0.118. The molecule has 66 heavy (non-hydrogen) atoms. The van der Waals surface area contributed by atoms with Crippen LogP contribution >= 0.6 is 22.7 Å². The van der Waals surface area contributed by atoms with Crippen LogP contribution in [0.1, 0.15) is 32.1 Å². The fourth-order valence-corrected chi connectivity index (χ4v) is 14.9. The van der Waals surface area contributed by atoms with Crippen molar-refractivity contribution in [2.75, 3.05) is 34.4 Å². The number of fused-ring (bicyclic) bond motifs is 2. The largest absolute Gasteiger partial charge is 0.449 e. The minimum Gasteiger partial charge on any atom is -0.449 e. The van der Waals surface area contributed by atoms with Gasteiger partial charge in [-0.25, -0.2) is 43.1 Å². The molecule has 2 fully saturated rings. The fourth-order valence-electron chi connectivity index (χ4n) is 7.88. The second-order valence-corrected chi connectivity index (χ2v) is 23.7. The summed E-state index contributed by atoms with van der Waals surface area (Å²) < 4.78 is 59.8. The molecule has 2 saturated carbocycles. The van der Waals surface area contributed by atoms with E-state index in [-0.39, 0.29) is 34.9 Å². The van der Waals surface area contributed by atoms with Gasteiger partial charge in [0.05, 0.1) is 57.2 Å². The lowest BCUT2D eigenvalue weighted by Crippen LogP contribution is -2.36. The van der Waals surface area contributed by atoms with Crippen molar-refractivity contribution in [1.82, 2.24) is 29.9 Å². The zero-order valence-corrected chi connectivity index (χ0v) is 39.1. The number of amides is 1. The number of hydrogen-bond acceptors (Lipinski definition) is 16. The Labute approximate surface area is 391 Å². The second-order valence-electron chi connectivity index (χ2n) is 16.1. The molecule has 6 N–H and O–H groups in total. The average molecular weight is 977 g/mol. The maximum absolute atomic E-state index is 14.0. The monoisotopic (exact) mass is 976 g/mol. The topological polar surface area (TPSA) is 248 Å². The maximum Gasteiger partial charge on any atom is 0.414 e. The first kappa shape index (κ1) is 43.6. The molecule has 6 aromatic heterocycles. The summed E-state index contributed by atoms with van der Waals surface area (Å²) in [4.78, 5) is 41.0. The van der Waals surface area contributed by atoms with Crippen LogP contribution in [0.2, 0.25) is 0 Å². The van der Waals surface area contributed by atoms with Gasteiger partial charge in [-0.1, -0.05) is 67.1 Å². The Kier molecular flexibility index (Phi) is 11.8. The summed E-state index contributed by atoms with van der Waals surface area (Å²) in [6, 6.07) is 23.3. The molecule has 2 aliphatic rings. The smallest absolute Gasteiger partial charge is 0.414 e. The van der Waals surface area contributed by atoms with Crippen molar-refractivity contribution >= 4 is 104 Å². The molecule has 0 spiro atoms. The summed E-state index contributed by atoms with van der Waals surface area (Å²) in [6.07, 6.45) is 10.5. The lowest BCUT2D eigenvalue weighted by molar-refractivity contribution is 0.117. The van der Waals surface area contributed by atoms with Crippen molar-refractivity contribution in [3.05, 3.63) is 97.6 Å². The van der Waals surface area contributed by atoms with Crippen LogP contribution in [0, 0.1) is 5.92 Å². The molecule has 0 bridgehead atoms. The first-order valence-corrected chi connectivity index (χ1v) is 26.8. The number of rotatable bonds is 13. The Morgan fingerprint density at radius 3 is 1.64 bits per heavy atom. The van der Waals surface area contributed by atoms with Gasteiger partial charge in [0.2, 0.25) is 21.9 Å². The van der Waals surface area contributed by atoms with Gasteiger partial charge in [-0.05, 0) is 66.0 Å². The number of ether oxygens (including phenoxy) is 1. The van der Waals surface area contributed by atoms with E-state index in [9.17, 15) is 21.6 Å². The minimum atomic E-state index is -3.56. The summed E-state index contributed by atoms with van der Waals surface area (Å²) in [7, 11) is -6.22. The zero-order chi connectivity index (χ0) is 45.7. The fraction of sp³-hybridized carbons (Fsp3) is 0.222. The number of thiophene rings is 2. The molecule has 1 amide bonds. The predicted molar refractivity (Wildman–Crippen MR) is 261 cm³/mol. The summed E-state index contributed by atoms with van der Waals surface area (Å²) in [5.74, 6) is -0.0139. The Balaban J connectivity index is 0.795. The molecule has 0 aliphatic heterocycles. The van der Waals surface area contributed by atoms with Gasteiger partial charge in [-0.2, -0.15) is 0 Å². The van der Waals surface area contributed by atoms with Crippen LogP contribution in [-0.4, -0.2) is 76.2 Å². The molecule has 6 heterocycles. The number of nitrogens with one attached hydrogen (secondary N) is 2. The minimum absolute atomic E-state index is 0.00823. The SMILES string of the molecule is CS(=O)(=O)Nc1ncc(-c2cc(-c3ccccc3)c3c(N)c(S(=O)C4CC(COC(=O)Nc5ncc(-c6cc(-c7ccccc7)c7c(N)c(S(=O)C8CCC8)sc7n6)cn5)C4)sc3n2)cn1. The van der Waals surface area contributed by atoms with E-state index >= 15 is 0 Å². The number of anilines is 4. The third kappa shape index (κ3) is 8.75. The van der Waals surface area contributed by atoms with Crippen molar-refractivity contribution < 1.29 is 26.4 Å². The molecular formula is C45H40N10O6S5. The van der Waals surface area contributed by atoms with Gasteiger partial charge in [0, 0.05) is 57.2 Å². The molecular weight excluding hydrogens is 937 g/mol. The van der Waals surface area contributed by atoms with Crippen LogP contribution in [-0.2, 0) is 36.4 Å². The van der Waals surface area contributed by atoms with Crippen molar-refractivity contribution in [1.29, 1.82) is 0 Å². The summed E-state index contributed by atoms with van der Waals surface area (Å²) in [5, 5.41) is 3.98. The van der Waals surface area contributed by atoms with Gasteiger partial charge in [0.15, 0.2) is 0 Å². The van der Waals surface area contributed by atoms with E-state index in [1.54, 1.807) is 12.4 Å². The van der Waals surface area contributed by atoms with Crippen LogP contribution in [0.5, 0.6) is 0 Å². The van der Waals surface area contributed by atoms with E-state index < -0.39 is 37.7 Å². The first-order valence-electron chi connectivity index (χ1n) is 20.8. The molecule has 2 aliphatic carbocycles. The van der Waals surface area contributed by atoms with E-state index in [1.165, 1.54) is 35.1 Å². The third-order valence-electron chi connectivity index (χ3n) is 11.6. The van der Waals surface area contributed by atoms with E-state index in [4.69, 9.17) is 26.2 Å². The highest BCUT2D eigenvalue weighted by Crippen LogP contribution is 2.47. The predicted octanol–water partition coefficient (Wildman–Crippen LogP) is 8.48. The van der Waals surface area contributed by atoms with Crippen molar-refractivity contribution in [2.24, 2.45) is 5.92 Å². The summed E-state index contributed by atoms with van der Waals surface area (Å²) in [5.41, 5.74) is 20.2.